The van der Waals surface area contributed by atoms with Gasteiger partial charge in [-0.2, -0.15) is 0 Å². The van der Waals surface area contributed by atoms with Gasteiger partial charge in [-0.15, -0.1) is 0 Å². The largest absolute Gasteiger partial charge is 0.375 e. The van der Waals surface area contributed by atoms with E-state index in [9.17, 15) is 4.79 Å². The van der Waals surface area contributed by atoms with Crippen LogP contribution in [0.15, 0.2) is 18.2 Å². The first-order valence-corrected chi connectivity index (χ1v) is 5.54. The van der Waals surface area contributed by atoms with E-state index in [1.807, 2.05) is 6.07 Å². The molecule has 0 saturated heterocycles. The predicted molar refractivity (Wildman–Crippen MR) is 62.4 cm³/mol. The van der Waals surface area contributed by atoms with Crippen LogP contribution in [-0.2, 0) is 22.5 Å². The first kappa shape index (κ1) is 10.1. The minimum atomic E-state index is -0.0347. The molecule has 3 nitrogen and oxygen atoms in total. The van der Waals surface area contributed by atoms with Gasteiger partial charge in [-0.1, -0.05) is 17.6 Å². The summed E-state index contributed by atoms with van der Waals surface area (Å²) in [5.41, 5.74) is 1.97. The Bertz CT molecular complexity index is 450. The Hall–Kier alpha value is -1.06. The lowest BCUT2D eigenvalue weighted by atomic mass is 10.00. The molecule has 2 rings (SSSR count). The molecule has 1 aliphatic rings. The molecule has 1 amide bonds. The molecule has 1 heterocycles. The number of benzene rings is 1. The first-order chi connectivity index (χ1) is 8.11. The van der Waals surface area contributed by atoms with Gasteiger partial charge >= 0.3 is 0 Å². The number of amides is 1. The second-order valence-electron chi connectivity index (χ2n) is 3.82. The monoisotopic (exact) mass is 240 g/mol. The number of hydrogen-bond acceptors (Lipinski definition) is 2. The maximum Gasteiger partial charge on any atom is 0.248 e. The number of rotatable bonds is 2. The summed E-state index contributed by atoms with van der Waals surface area (Å²) in [4.78, 5) is 13.4. The van der Waals surface area contributed by atoms with Crippen LogP contribution in [0.1, 0.15) is 12.5 Å². The summed E-state index contributed by atoms with van der Waals surface area (Å²) in [6.45, 7) is 1.23. The number of halogens is 1. The first-order valence-electron chi connectivity index (χ1n) is 5.66. The van der Waals surface area contributed by atoms with Crippen molar-refractivity contribution in [2.45, 2.75) is 13.0 Å². The van der Waals surface area contributed by atoms with Crippen molar-refractivity contribution in [2.24, 2.45) is 0 Å². The molecule has 1 aromatic carbocycles. The summed E-state index contributed by atoms with van der Waals surface area (Å²) < 4.78 is 12.7. The quantitative estimate of drug-likeness (QED) is 0.790. The second kappa shape index (κ2) is 4.85. The van der Waals surface area contributed by atoms with Crippen LogP contribution in [0.4, 0.5) is 0 Å². The van der Waals surface area contributed by atoms with Crippen LogP contribution in [0.3, 0.4) is 0 Å². The Morgan fingerprint density at radius 2 is 2.50 bits per heavy atom. The Kier molecular flexibility index (Phi) is 3.07. The minimum Gasteiger partial charge on any atom is -0.375 e. The topological polar surface area (TPSA) is 29.5 Å². The van der Waals surface area contributed by atoms with Crippen molar-refractivity contribution < 1.29 is 10.9 Å². The van der Waals surface area contributed by atoms with Gasteiger partial charge in [0.2, 0.25) is 5.91 Å². The molecule has 0 bridgehead atoms. The molecule has 0 aliphatic carbocycles. The zero-order valence-electron chi connectivity index (χ0n) is 10.1. The number of hydrogen-bond donors (Lipinski definition) is 0. The fourth-order valence-corrected chi connectivity index (χ4v) is 2.05. The van der Waals surface area contributed by atoms with E-state index in [1.165, 1.54) is 7.11 Å². The molecule has 4 heteroatoms. The molecule has 0 radical (unpaired) electrons. The van der Waals surface area contributed by atoms with E-state index < -0.39 is 0 Å². The van der Waals surface area contributed by atoms with Gasteiger partial charge in [-0.3, -0.25) is 4.79 Å². The van der Waals surface area contributed by atoms with Crippen LogP contribution in [0, 0.1) is 0 Å². The third kappa shape index (κ3) is 2.36. The van der Waals surface area contributed by atoms with Crippen molar-refractivity contribution in [1.29, 1.82) is 0 Å². The Morgan fingerprint density at radius 1 is 1.69 bits per heavy atom. The van der Waals surface area contributed by atoms with E-state index >= 15 is 0 Å². The molecule has 86 valence electrons. The van der Waals surface area contributed by atoms with Gasteiger partial charge in [-0.25, -0.2) is 0 Å². The second-order valence-corrected chi connectivity index (χ2v) is 4.26. The zero-order chi connectivity index (χ0) is 12.4. The third-order valence-electron chi connectivity index (χ3n) is 2.70. The van der Waals surface area contributed by atoms with Crippen LogP contribution >= 0.6 is 11.6 Å². The molecule has 0 aromatic heterocycles. The summed E-state index contributed by atoms with van der Waals surface area (Å²) >= 11 is 5.91. The Morgan fingerprint density at radius 3 is 3.25 bits per heavy atom. The van der Waals surface area contributed by atoms with Crippen LogP contribution in [-0.4, -0.2) is 31.1 Å². The molecular formula is C12H14ClNO2. The summed E-state index contributed by atoms with van der Waals surface area (Å²) in [5, 5.41) is 0.588. The van der Waals surface area contributed by atoms with E-state index in [4.69, 9.17) is 17.7 Å². The fourth-order valence-electron chi connectivity index (χ4n) is 1.87. The van der Waals surface area contributed by atoms with Crippen LogP contribution in [0.2, 0.25) is 5.02 Å². The van der Waals surface area contributed by atoms with Gasteiger partial charge < -0.3 is 9.64 Å². The molecular weight excluding hydrogens is 226 g/mol. The molecule has 0 saturated carbocycles. The van der Waals surface area contributed by atoms with Crippen molar-refractivity contribution in [2.75, 3.05) is 20.3 Å². The van der Waals surface area contributed by atoms with E-state index in [1.54, 1.807) is 11.0 Å². The summed E-state index contributed by atoms with van der Waals surface area (Å²) in [5.74, 6) is -0.0347. The molecule has 0 fully saturated rings. The minimum absolute atomic E-state index is 0.0347. The lowest BCUT2D eigenvalue weighted by molar-refractivity contribution is -0.136. The number of methoxy groups -OCH3 is 1. The number of nitrogens with zero attached hydrogens (tertiary/aromatic N) is 1. The number of carbonyl (C=O) groups is 1. The molecule has 1 aromatic rings. The highest BCUT2D eigenvalue weighted by atomic mass is 35.5. The summed E-state index contributed by atoms with van der Waals surface area (Å²) in [7, 11) is 1.51. The van der Waals surface area contributed by atoms with Crippen LogP contribution in [0.25, 0.3) is 0 Å². The number of carbonyl (C=O) groups excluding carboxylic acids is 1. The molecule has 0 unspecified atom stereocenters. The average molecular weight is 241 g/mol. The van der Waals surface area contributed by atoms with E-state index in [2.05, 4.69) is 0 Å². The highest BCUT2D eigenvalue weighted by molar-refractivity contribution is 6.30. The van der Waals surface area contributed by atoms with Gasteiger partial charge in [0, 0.05) is 25.2 Å². The van der Waals surface area contributed by atoms with E-state index in [0.29, 0.717) is 24.2 Å². The standard InChI is InChI=1S/C12H14ClNO2/c1-16-8-12(15)14-5-4-9-6-11(13)3-2-10(9)7-14/h2-3,6H,4-5,7-8H2,1H3/i2D. The fraction of sp³-hybridized carbons (Fsp3) is 0.417. The maximum atomic E-state index is 11.7. The van der Waals surface area contributed by atoms with Gasteiger partial charge in [0.25, 0.3) is 0 Å². The van der Waals surface area contributed by atoms with Gasteiger partial charge in [-0.05, 0) is 29.7 Å². The molecule has 16 heavy (non-hydrogen) atoms. The van der Waals surface area contributed by atoms with Gasteiger partial charge in [0.15, 0.2) is 0 Å². The van der Waals surface area contributed by atoms with Crippen LogP contribution < -0.4 is 0 Å². The van der Waals surface area contributed by atoms with Crippen molar-refractivity contribution >= 4 is 17.5 Å². The van der Waals surface area contributed by atoms with Crippen molar-refractivity contribution in [3.8, 4) is 0 Å². The lowest BCUT2D eigenvalue weighted by Gasteiger charge is -2.28. The zero-order valence-corrected chi connectivity index (χ0v) is 9.88. The van der Waals surface area contributed by atoms with E-state index in [0.717, 1.165) is 17.5 Å². The summed E-state index contributed by atoms with van der Waals surface area (Å²) in [6.07, 6.45) is 0.747. The van der Waals surface area contributed by atoms with Crippen molar-refractivity contribution in [3.05, 3.63) is 34.3 Å². The molecule has 1 aliphatic heterocycles. The Labute approximate surface area is 101 Å². The van der Waals surface area contributed by atoms with Gasteiger partial charge in [0.05, 0.1) is 1.37 Å². The van der Waals surface area contributed by atoms with E-state index in [-0.39, 0.29) is 12.5 Å². The summed E-state index contributed by atoms with van der Waals surface area (Å²) in [6, 6.07) is 3.90. The molecule has 0 N–H and O–H groups in total. The smallest absolute Gasteiger partial charge is 0.248 e. The average Bonchev–Trinajstić information content (AvgIpc) is 2.28. The van der Waals surface area contributed by atoms with Crippen molar-refractivity contribution in [3.63, 3.8) is 0 Å². The maximum absolute atomic E-state index is 11.7. The van der Waals surface area contributed by atoms with Gasteiger partial charge in [0.1, 0.15) is 6.61 Å². The highest BCUT2D eigenvalue weighted by Crippen LogP contribution is 2.22. The lowest BCUT2D eigenvalue weighted by Crippen LogP contribution is -2.37. The molecule has 0 atom stereocenters. The van der Waals surface area contributed by atoms with Crippen LogP contribution in [0.5, 0.6) is 0 Å². The SMILES string of the molecule is [2H]c1cc(Cl)cc2c1CN(C(=O)COC)CC2. The number of fused-ring (bicyclic) bond motifs is 1. The third-order valence-corrected chi connectivity index (χ3v) is 2.92. The number of ether oxygens (including phenoxy) is 1. The molecule has 0 spiro atoms. The normalized spacial score (nSPS) is 15.6. The predicted octanol–water partition coefficient (Wildman–Crippen LogP) is 1.87. The van der Waals surface area contributed by atoms with Crippen molar-refractivity contribution in [1.82, 2.24) is 4.90 Å². The highest BCUT2D eigenvalue weighted by Gasteiger charge is 2.20. The Balaban J connectivity index is 2.21.